The Kier molecular flexibility index (Phi) is 4.80. The fraction of sp³-hybridized carbons (Fsp3) is 0.733. The maximum atomic E-state index is 14.0. The summed E-state index contributed by atoms with van der Waals surface area (Å²) in [5, 5.41) is 20.1. The van der Waals surface area contributed by atoms with Crippen LogP contribution in [0.3, 0.4) is 0 Å². The highest BCUT2D eigenvalue weighted by atomic mass is 16.1. The van der Waals surface area contributed by atoms with E-state index in [1.54, 1.807) is 0 Å². The van der Waals surface area contributed by atoms with E-state index in [9.17, 15) is 20.1 Å². The van der Waals surface area contributed by atoms with Crippen molar-refractivity contribution in [2.75, 3.05) is 0 Å². The lowest BCUT2D eigenvalue weighted by atomic mass is 9.38. The van der Waals surface area contributed by atoms with Crippen molar-refractivity contribution in [2.24, 2.45) is 50.7 Å². The zero-order valence-corrected chi connectivity index (χ0v) is 21.6. The van der Waals surface area contributed by atoms with Crippen LogP contribution in [0, 0.1) is 73.4 Å². The van der Waals surface area contributed by atoms with Gasteiger partial charge in [0.1, 0.15) is 6.07 Å². The van der Waals surface area contributed by atoms with Gasteiger partial charge in [-0.3, -0.25) is 9.59 Å². The van der Waals surface area contributed by atoms with Crippen LogP contribution in [0.1, 0.15) is 86.5 Å². The van der Waals surface area contributed by atoms with Crippen LogP contribution in [0.15, 0.2) is 23.3 Å². The van der Waals surface area contributed by atoms with Crippen LogP contribution in [0.25, 0.3) is 0 Å². The summed E-state index contributed by atoms with van der Waals surface area (Å²) in [6.07, 6.45) is 10.4. The summed E-state index contributed by atoms with van der Waals surface area (Å²) in [6.45, 7) is 13.0. The lowest BCUT2D eigenvalue weighted by Crippen LogP contribution is -2.60. The summed E-state index contributed by atoms with van der Waals surface area (Å²) in [5.74, 6) is 0.425. The van der Waals surface area contributed by atoms with Crippen molar-refractivity contribution in [3.8, 4) is 12.1 Å². The van der Waals surface area contributed by atoms with Gasteiger partial charge >= 0.3 is 0 Å². The van der Waals surface area contributed by atoms with E-state index in [0.717, 1.165) is 50.5 Å². The van der Waals surface area contributed by atoms with Crippen molar-refractivity contribution in [2.45, 2.75) is 86.5 Å². The molecule has 4 nitrogen and oxygen atoms in total. The van der Waals surface area contributed by atoms with Crippen LogP contribution in [-0.2, 0) is 9.59 Å². The third-order valence-corrected chi connectivity index (χ3v) is 11.3. The highest BCUT2D eigenvalue weighted by molar-refractivity contribution is 6.04. The molecule has 0 aromatic rings. The summed E-state index contributed by atoms with van der Waals surface area (Å²) in [7, 11) is 0. The number of carbonyl (C=O) groups is 2. The quantitative estimate of drug-likeness (QED) is 0.424. The molecule has 34 heavy (non-hydrogen) atoms. The van der Waals surface area contributed by atoms with E-state index in [2.05, 4.69) is 39.8 Å². The molecule has 3 fully saturated rings. The van der Waals surface area contributed by atoms with Gasteiger partial charge in [-0.2, -0.15) is 10.5 Å². The van der Waals surface area contributed by atoms with Crippen LogP contribution in [-0.4, -0.2) is 11.6 Å². The molecule has 0 aromatic heterocycles. The topological polar surface area (TPSA) is 81.7 Å². The molecule has 3 saturated carbocycles. The molecule has 0 aliphatic heterocycles. The van der Waals surface area contributed by atoms with Gasteiger partial charge in [-0.1, -0.05) is 53.2 Å². The van der Waals surface area contributed by atoms with E-state index in [1.807, 2.05) is 26.0 Å². The van der Waals surface area contributed by atoms with E-state index in [-0.39, 0.29) is 57.1 Å². The molecule has 0 heterocycles. The minimum atomic E-state index is -0.632. The van der Waals surface area contributed by atoms with Gasteiger partial charge < -0.3 is 0 Å². The van der Waals surface area contributed by atoms with Gasteiger partial charge in [-0.15, -0.1) is 0 Å². The van der Waals surface area contributed by atoms with Gasteiger partial charge in [0.05, 0.1) is 17.1 Å². The summed E-state index contributed by atoms with van der Waals surface area (Å²) in [6, 6.07) is 4.89. The van der Waals surface area contributed by atoms with E-state index >= 15 is 0 Å². The molecule has 5 aliphatic rings. The van der Waals surface area contributed by atoms with Crippen molar-refractivity contribution in [3.63, 3.8) is 0 Å². The molecule has 0 spiro atoms. The van der Waals surface area contributed by atoms with E-state index < -0.39 is 10.8 Å². The Labute approximate surface area is 204 Å². The van der Waals surface area contributed by atoms with Crippen molar-refractivity contribution >= 4 is 11.6 Å². The van der Waals surface area contributed by atoms with Crippen LogP contribution in [0.2, 0.25) is 0 Å². The van der Waals surface area contributed by atoms with Gasteiger partial charge in [-0.05, 0) is 79.6 Å². The zero-order valence-electron chi connectivity index (χ0n) is 21.6. The largest absolute Gasteiger partial charge is 0.295 e. The van der Waals surface area contributed by atoms with E-state index in [4.69, 9.17) is 0 Å². The molecule has 0 N–H and O–H groups in total. The lowest BCUT2D eigenvalue weighted by molar-refractivity contribution is -0.142. The van der Waals surface area contributed by atoms with Crippen LogP contribution in [0.5, 0.6) is 0 Å². The van der Waals surface area contributed by atoms with Crippen LogP contribution in [0.4, 0.5) is 0 Å². The molecular weight excluding hydrogens is 420 g/mol. The van der Waals surface area contributed by atoms with Crippen molar-refractivity contribution in [1.29, 1.82) is 10.5 Å². The Hall–Kier alpha value is -2.20. The maximum absolute atomic E-state index is 14.0. The minimum absolute atomic E-state index is 0.0670. The molecule has 180 valence electrons. The Balaban J connectivity index is 1.66. The molecule has 5 rings (SSSR count). The molecule has 5 unspecified atom stereocenters. The Morgan fingerprint density at radius 3 is 2.26 bits per heavy atom. The molecule has 0 aromatic carbocycles. The predicted octanol–water partition coefficient (Wildman–Crippen LogP) is 6.34. The number of carbonyl (C=O) groups excluding carboxylic acids is 2. The van der Waals surface area contributed by atoms with Gasteiger partial charge in [0.15, 0.2) is 11.6 Å². The van der Waals surface area contributed by atoms with Crippen LogP contribution >= 0.6 is 0 Å². The average molecular weight is 459 g/mol. The fourth-order valence-electron chi connectivity index (χ4n) is 9.47. The standard InChI is InChI=1S/C30H38N2O2/c1-26(2)11-12-30(17-32)10-7-19-24(20(30)15-26)21(33)13-23-28(19,5)9-8-22-27(3,4)25(34)18(16-31)14-29(22,23)6/h13-14,19-20,22,24H,7-12,15H2,1-6H3/t19?,20?,22?,24-,28?,29?,30-/m0/s1. The van der Waals surface area contributed by atoms with Gasteiger partial charge in [0.25, 0.3) is 0 Å². The maximum Gasteiger partial charge on any atom is 0.178 e. The zero-order chi connectivity index (χ0) is 24.9. The Morgan fingerprint density at radius 1 is 0.912 bits per heavy atom. The lowest BCUT2D eigenvalue weighted by Gasteiger charge is -2.64. The summed E-state index contributed by atoms with van der Waals surface area (Å²) < 4.78 is 0. The second-order valence-corrected chi connectivity index (χ2v) is 13.9. The van der Waals surface area contributed by atoms with E-state index in [1.165, 1.54) is 0 Å². The summed E-state index contributed by atoms with van der Waals surface area (Å²) in [5.41, 5.74) is -0.110. The molecule has 0 amide bonds. The number of hydrogen-bond acceptors (Lipinski definition) is 4. The molecular formula is C30H38N2O2. The third kappa shape index (κ3) is 2.81. The first-order valence-electron chi connectivity index (χ1n) is 13.1. The number of nitriles is 2. The van der Waals surface area contributed by atoms with Crippen molar-refractivity contribution < 1.29 is 9.59 Å². The Morgan fingerprint density at radius 2 is 1.62 bits per heavy atom. The molecule has 5 aliphatic carbocycles. The average Bonchev–Trinajstić information content (AvgIpc) is 2.77. The SMILES string of the molecule is CC1(C)CC[C@]2(C#N)CCC3[C@H](C(=O)C=C4C5(C)C=C(C#N)C(=O)C(C)(C)C5CCC43C)C2C1. The van der Waals surface area contributed by atoms with Gasteiger partial charge in [0.2, 0.25) is 0 Å². The summed E-state index contributed by atoms with van der Waals surface area (Å²) >= 11 is 0. The highest BCUT2D eigenvalue weighted by Crippen LogP contribution is 2.70. The number of ketones is 2. The fourth-order valence-corrected chi connectivity index (χ4v) is 9.47. The van der Waals surface area contributed by atoms with Crippen molar-refractivity contribution in [3.05, 3.63) is 23.3 Å². The van der Waals surface area contributed by atoms with Crippen LogP contribution < -0.4 is 0 Å². The van der Waals surface area contributed by atoms with E-state index in [0.29, 0.717) is 0 Å². The first-order valence-corrected chi connectivity index (χ1v) is 13.1. The number of nitrogens with zero attached hydrogens (tertiary/aromatic N) is 2. The Bertz CT molecular complexity index is 1130. The number of hydrogen-bond donors (Lipinski definition) is 0. The first-order chi connectivity index (χ1) is 15.8. The number of fused-ring (bicyclic) bond motifs is 7. The molecule has 0 saturated heterocycles. The molecule has 7 atom stereocenters. The monoisotopic (exact) mass is 458 g/mol. The minimum Gasteiger partial charge on any atom is -0.295 e. The second-order valence-electron chi connectivity index (χ2n) is 13.9. The number of allylic oxidation sites excluding steroid dienone is 4. The van der Waals surface area contributed by atoms with Crippen molar-refractivity contribution in [1.82, 2.24) is 0 Å². The highest BCUT2D eigenvalue weighted by Gasteiger charge is 2.65. The first kappa shape index (κ1) is 23.5. The summed E-state index contributed by atoms with van der Waals surface area (Å²) in [4.78, 5) is 27.1. The molecule has 0 bridgehead atoms. The number of rotatable bonds is 0. The molecule has 0 radical (unpaired) electrons. The van der Waals surface area contributed by atoms with Gasteiger partial charge in [0, 0.05) is 16.7 Å². The van der Waals surface area contributed by atoms with Gasteiger partial charge in [-0.25, -0.2) is 0 Å². The third-order valence-electron chi connectivity index (χ3n) is 11.3. The second kappa shape index (κ2) is 6.94. The predicted molar refractivity (Wildman–Crippen MR) is 130 cm³/mol. The normalized spacial score (nSPS) is 46.4. The molecule has 4 heteroatoms. The smallest absolute Gasteiger partial charge is 0.178 e. The number of Topliss-reactive ketones (excluding diaryl/α,β-unsaturated/α-hetero) is 1.